The minimum atomic E-state index is 0.830. The molecule has 0 spiro atoms. The summed E-state index contributed by atoms with van der Waals surface area (Å²) in [6, 6.07) is 8.70. The van der Waals surface area contributed by atoms with Gasteiger partial charge in [-0.15, -0.1) is 11.8 Å². The Kier molecular flexibility index (Phi) is 10.4. The Morgan fingerprint density at radius 3 is 2.04 bits per heavy atom. The Balaban J connectivity index is 1.74. The Labute approximate surface area is 164 Å². The summed E-state index contributed by atoms with van der Waals surface area (Å²) in [7, 11) is 0. The molecule has 0 aliphatic rings. The molecule has 1 aromatic heterocycles. The molecular weight excluding hydrogens is 336 g/mol. The first-order chi connectivity index (χ1) is 12.8. The predicted octanol–water partition coefficient (Wildman–Crippen LogP) is 7.33. The molecule has 0 radical (unpaired) electrons. The van der Waals surface area contributed by atoms with Gasteiger partial charge >= 0.3 is 0 Å². The number of thioether (sulfide) groups is 1. The number of unbranched alkanes of at least 4 members (excludes halogenated alkanes) is 7. The zero-order valence-electron chi connectivity index (χ0n) is 16.5. The van der Waals surface area contributed by atoms with Gasteiger partial charge in [-0.25, -0.2) is 9.97 Å². The zero-order valence-corrected chi connectivity index (χ0v) is 17.4. The summed E-state index contributed by atoms with van der Waals surface area (Å²) in [4.78, 5) is 10.4. The van der Waals surface area contributed by atoms with Gasteiger partial charge in [0.1, 0.15) is 0 Å². The van der Waals surface area contributed by atoms with E-state index in [1.54, 1.807) is 0 Å². The summed E-state index contributed by atoms with van der Waals surface area (Å²) in [5.74, 6) is 2.05. The van der Waals surface area contributed by atoms with Gasteiger partial charge in [-0.05, 0) is 42.7 Å². The molecule has 2 rings (SSSR count). The van der Waals surface area contributed by atoms with Gasteiger partial charge in [0, 0.05) is 22.9 Å². The lowest BCUT2D eigenvalue weighted by Crippen LogP contribution is -1.93. The normalized spacial score (nSPS) is 11.0. The molecule has 0 aliphatic heterocycles. The van der Waals surface area contributed by atoms with Gasteiger partial charge in [0.15, 0.2) is 5.82 Å². The molecule has 2 aromatic rings. The third-order valence-electron chi connectivity index (χ3n) is 4.65. The molecule has 2 nitrogen and oxygen atoms in total. The van der Waals surface area contributed by atoms with Crippen LogP contribution in [0.4, 0.5) is 0 Å². The van der Waals surface area contributed by atoms with Crippen molar-refractivity contribution >= 4 is 11.8 Å². The Morgan fingerprint density at radius 1 is 0.731 bits per heavy atom. The van der Waals surface area contributed by atoms with Crippen LogP contribution in [0, 0.1) is 0 Å². The van der Waals surface area contributed by atoms with E-state index in [1.165, 1.54) is 74.0 Å². The maximum Gasteiger partial charge on any atom is 0.159 e. The fourth-order valence-electron chi connectivity index (χ4n) is 2.98. The van der Waals surface area contributed by atoms with E-state index in [2.05, 4.69) is 48.1 Å². The molecule has 0 bridgehead atoms. The molecule has 3 heteroatoms. The average molecular weight is 371 g/mol. The summed E-state index contributed by atoms with van der Waals surface area (Å²) in [6.45, 7) is 4.50. The van der Waals surface area contributed by atoms with Gasteiger partial charge in [-0.1, -0.05) is 70.9 Å². The number of benzene rings is 1. The Hall–Kier alpha value is -1.35. The fraction of sp³-hybridized carbons (Fsp3) is 0.565. The molecule has 0 saturated carbocycles. The van der Waals surface area contributed by atoms with Crippen molar-refractivity contribution in [3.05, 3.63) is 42.2 Å². The van der Waals surface area contributed by atoms with E-state index in [1.807, 2.05) is 24.2 Å². The number of hydrogen-bond acceptors (Lipinski definition) is 3. The lowest BCUT2D eigenvalue weighted by molar-refractivity contribution is 0.627. The van der Waals surface area contributed by atoms with Crippen LogP contribution >= 0.6 is 11.8 Å². The van der Waals surface area contributed by atoms with Crippen LogP contribution in [0.5, 0.6) is 0 Å². The molecule has 0 aliphatic carbocycles. The number of rotatable bonds is 13. The number of hydrogen-bond donors (Lipinski definition) is 0. The second-order valence-electron chi connectivity index (χ2n) is 7.01. The van der Waals surface area contributed by atoms with Crippen molar-refractivity contribution in [2.45, 2.75) is 83.0 Å². The number of aromatic nitrogens is 2. The molecular formula is C23H34N2S. The van der Waals surface area contributed by atoms with E-state index in [9.17, 15) is 0 Å². The van der Waals surface area contributed by atoms with Crippen molar-refractivity contribution in [3.8, 4) is 11.4 Å². The van der Waals surface area contributed by atoms with Crippen LogP contribution in [0.1, 0.15) is 77.2 Å². The van der Waals surface area contributed by atoms with Gasteiger partial charge in [0.05, 0.1) is 0 Å². The highest BCUT2D eigenvalue weighted by molar-refractivity contribution is 7.99. The molecule has 26 heavy (non-hydrogen) atoms. The standard InChI is InChI=1S/C23H34N2S/c1-3-5-7-8-9-11-17-26-22-15-13-21(14-16-22)23-24-18-20(19-25-23)12-10-6-4-2/h13-16,18-19H,3-12,17H2,1-2H3. The molecule has 0 fully saturated rings. The Morgan fingerprint density at radius 2 is 1.35 bits per heavy atom. The summed E-state index contributed by atoms with van der Waals surface area (Å²) >= 11 is 1.96. The highest BCUT2D eigenvalue weighted by Gasteiger charge is 2.03. The first-order valence-corrected chi connectivity index (χ1v) is 11.4. The molecule has 0 unspecified atom stereocenters. The molecule has 0 amide bonds. The van der Waals surface area contributed by atoms with Crippen LogP contribution in [0.25, 0.3) is 11.4 Å². The third kappa shape index (κ3) is 7.90. The van der Waals surface area contributed by atoms with Gasteiger partial charge in [0.25, 0.3) is 0 Å². The summed E-state index contributed by atoms with van der Waals surface area (Å²) in [5, 5.41) is 0. The van der Waals surface area contributed by atoms with Crippen molar-refractivity contribution in [2.24, 2.45) is 0 Å². The Bertz CT molecular complexity index is 593. The quantitative estimate of drug-likeness (QED) is 0.273. The molecule has 142 valence electrons. The lowest BCUT2D eigenvalue weighted by atomic mass is 10.1. The monoisotopic (exact) mass is 370 g/mol. The van der Waals surface area contributed by atoms with Crippen LogP contribution in [0.3, 0.4) is 0 Å². The van der Waals surface area contributed by atoms with Gasteiger partial charge in [0.2, 0.25) is 0 Å². The highest BCUT2D eigenvalue weighted by Crippen LogP contribution is 2.23. The van der Waals surface area contributed by atoms with Crippen molar-refractivity contribution in [3.63, 3.8) is 0 Å². The van der Waals surface area contributed by atoms with Crippen LogP contribution in [-0.4, -0.2) is 15.7 Å². The molecule has 0 N–H and O–H groups in total. The van der Waals surface area contributed by atoms with E-state index in [4.69, 9.17) is 0 Å². The number of aryl methyl sites for hydroxylation is 1. The smallest absolute Gasteiger partial charge is 0.159 e. The first kappa shape index (κ1) is 21.0. The predicted molar refractivity (Wildman–Crippen MR) is 115 cm³/mol. The molecule has 0 atom stereocenters. The van der Waals surface area contributed by atoms with Crippen LogP contribution in [-0.2, 0) is 6.42 Å². The van der Waals surface area contributed by atoms with Crippen molar-refractivity contribution in [1.29, 1.82) is 0 Å². The van der Waals surface area contributed by atoms with Crippen LogP contribution in [0.15, 0.2) is 41.6 Å². The molecule has 0 saturated heterocycles. The van der Waals surface area contributed by atoms with Gasteiger partial charge in [-0.3, -0.25) is 0 Å². The van der Waals surface area contributed by atoms with Crippen LogP contribution < -0.4 is 0 Å². The van der Waals surface area contributed by atoms with Gasteiger partial charge < -0.3 is 0 Å². The summed E-state index contributed by atoms with van der Waals surface area (Å²) in [6.07, 6.45) is 17.0. The van der Waals surface area contributed by atoms with E-state index in [0.29, 0.717) is 0 Å². The van der Waals surface area contributed by atoms with Crippen molar-refractivity contribution in [1.82, 2.24) is 9.97 Å². The lowest BCUT2D eigenvalue weighted by Gasteiger charge is -2.05. The van der Waals surface area contributed by atoms with Gasteiger partial charge in [-0.2, -0.15) is 0 Å². The molecule has 1 aromatic carbocycles. The zero-order chi connectivity index (χ0) is 18.5. The second-order valence-corrected chi connectivity index (χ2v) is 8.18. The topological polar surface area (TPSA) is 25.8 Å². The second kappa shape index (κ2) is 12.9. The SMILES string of the molecule is CCCCCCCCSc1ccc(-c2ncc(CCCCC)cn2)cc1. The largest absolute Gasteiger partial charge is 0.236 e. The van der Waals surface area contributed by atoms with E-state index >= 15 is 0 Å². The maximum absolute atomic E-state index is 4.55. The summed E-state index contributed by atoms with van der Waals surface area (Å²) < 4.78 is 0. The first-order valence-electron chi connectivity index (χ1n) is 10.4. The third-order valence-corrected chi connectivity index (χ3v) is 5.75. The van der Waals surface area contributed by atoms with E-state index in [0.717, 1.165) is 17.8 Å². The summed E-state index contributed by atoms with van der Waals surface area (Å²) in [5.41, 5.74) is 2.35. The maximum atomic E-state index is 4.55. The van der Waals surface area contributed by atoms with Crippen molar-refractivity contribution in [2.75, 3.05) is 5.75 Å². The van der Waals surface area contributed by atoms with Crippen molar-refractivity contribution < 1.29 is 0 Å². The van der Waals surface area contributed by atoms with E-state index in [-0.39, 0.29) is 0 Å². The highest BCUT2D eigenvalue weighted by atomic mass is 32.2. The minimum absolute atomic E-state index is 0.830. The molecule has 1 heterocycles. The minimum Gasteiger partial charge on any atom is -0.236 e. The van der Waals surface area contributed by atoms with E-state index < -0.39 is 0 Å². The fourth-order valence-corrected chi connectivity index (χ4v) is 3.90. The number of nitrogens with zero attached hydrogens (tertiary/aromatic N) is 2. The average Bonchev–Trinajstić information content (AvgIpc) is 2.69. The van der Waals surface area contributed by atoms with Crippen LogP contribution in [0.2, 0.25) is 0 Å².